The lowest BCUT2D eigenvalue weighted by Crippen LogP contribution is -2.74. The van der Waals surface area contributed by atoms with Gasteiger partial charge in [-0.1, -0.05) is 32.0 Å². The topological polar surface area (TPSA) is 105 Å². The minimum atomic E-state index is -1.56. The summed E-state index contributed by atoms with van der Waals surface area (Å²) in [7, 11) is 1.59. The standard InChI is InChI=1S/C32H42N2O5/c1-20(2)39-31(37-6)14-13-29(4)30(5)22(18-24-23-11-7-8-12-25(23)34-28(24)30)19-27(38-16-10-9-15-33)32(29,36)26(31)17-21(3)35/h7-8,11-12,17,20,22,27,34,36H,9-10,13-14,16,18-19H2,1-6H3/b26-17+/t22-,27+,29-,30-,31+,32+/m1/s1. The summed E-state index contributed by atoms with van der Waals surface area (Å²) in [6, 6.07) is 10.6. The van der Waals surface area contributed by atoms with Gasteiger partial charge in [-0.3, -0.25) is 4.79 Å². The zero-order chi connectivity index (χ0) is 28.2. The largest absolute Gasteiger partial charge is 0.382 e. The van der Waals surface area contributed by atoms with Gasteiger partial charge in [0, 0.05) is 59.6 Å². The van der Waals surface area contributed by atoms with Crippen molar-refractivity contribution in [2.75, 3.05) is 13.7 Å². The number of H-pyrrole nitrogens is 1. The number of aliphatic hydroxyl groups is 1. The van der Waals surface area contributed by atoms with Crippen molar-refractivity contribution in [3.05, 3.63) is 47.2 Å². The van der Waals surface area contributed by atoms with E-state index in [1.54, 1.807) is 7.11 Å². The molecule has 0 aliphatic heterocycles. The number of nitriles is 1. The first kappa shape index (κ1) is 28.0. The Balaban J connectivity index is 1.73. The first-order valence-corrected chi connectivity index (χ1v) is 14.3. The lowest BCUT2D eigenvalue weighted by Gasteiger charge is -2.67. The van der Waals surface area contributed by atoms with Crippen LogP contribution in [0.1, 0.15) is 78.0 Å². The van der Waals surface area contributed by atoms with E-state index in [0.29, 0.717) is 44.3 Å². The molecular weight excluding hydrogens is 492 g/mol. The van der Waals surface area contributed by atoms with Gasteiger partial charge in [0.25, 0.3) is 0 Å². The highest BCUT2D eigenvalue weighted by molar-refractivity contribution is 5.89. The molecule has 2 N–H and O–H groups in total. The summed E-state index contributed by atoms with van der Waals surface area (Å²) in [5.41, 5.74) is 1.35. The molecule has 0 spiro atoms. The van der Waals surface area contributed by atoms with E-state index in [1.807, 2.05) is 19.9 Å². The Morgan fingerprint density at radius 3 is 2.69 bits per heavy atom. The van der Waals surface area contributed by atoms with E-state index in [2.05, 4.69) is 43.1 Å². The number of aromatic nitrogens is 1. The molecule has 7 nitrogen and oxygen atoms in total. The first-order chi connectivity index (χ1) is 18.5. The molecule has 1 aromatic heterocycles. The molecule has 0 radical (unpaired) electrons. The van der Waals surface area contributed by atoms with Gasteiger partial charge in [-0.05, 0) is 70.1 Å². The fourth-order valence-corrected chi connectivity index (χ4v) is 8.25. The summed E-state index contributed by atoms with van der Waals surface area (Å²) in [6.45, 7) is 10.2. The highest BCUT2D eigenvalue weighted by Crippen LogP contribution is 2.70. The molecule has 0 bridgehead atoms. The molecule has 6 atom stereocenters. The average Bonchev–Trinajstić information content (AvgIpc) is 3.40. The van der Waals surface area contributed by atoms with Crippen LogP contribution in [0, 0.1) is 22.7 Å². The number of hydrogen-bond donors (Lipinski definition) is 2. The summed E-state index contributed by atoms with van der Waals surface area (Å²) in [6.07, 6.45) is 4.32. The predicted octanol–water partition coefficient (Wildman–Crippen LogP) is 5.50. The summed E-state index contributed by atoms with van der Waals surface area (Å²) >= 11 is 0. The van der Waals surface area contributed by atoms with Crippen molar-refractivity contribution in [2.24, 2.45) is 11.3 Å². The zero-order valence-electron chi connectivity index (χ0n) is 24.1. The van der Waals surface area contributed by atoms with Crippen LogP contribution in [0.2, 0.25) is 0 Å². The molecular formula is C32H42N2O5. The number of ketones is 1. The molecule has 1 aromatic carbocycles. The van der Waals surface area contributed by atoms with E-state index < -0.39 is 28.3 Å². The molecule has 2 saturated carbocycles. The molecule has 2 aromatic rings. The summed E-state index contributed by atoms with van der Waals surface area (Å²) in [5.74, 6) is -1.20. The molecule has 5 rings (SSSR count). The van der Waals surface area contributed by atoms with Gasteiger partial charge in [-0.2, -0.15) is 5.26 Å². The van der Waals surface area contributed by atoms with Crippen molar-refractivity contribution in [1.29, 1.82) is 5.26 Å². The Labute approximate surface area is 231 Å². The van der Waals surface area contributed by atoms with Crippen molar-refractivity contribution >= 4 is 16.7 Å². The monoisotopic (exact) mass is 534 g/mol. The Bertz CT molecular complexity index is 1340. The highest BCUT2D eigenvalue weighted by atomic mass is 16.7. The number of para-hydroxylation sites is 1. The molecule has 39 heavy (non-hydrogen) atoms. The molecule has 0 saturated heterocycles. The van der Waals surface area contributed by atoms with E-state index in [4.69, 9.17) is 19.5 Å². The van der Waals surface area contributed by atoms with Crippen LogP contribution in [0.15, 0.2) is 35.9 Å². The highest BCUT2D eigenvalue weighted by Gasteiger charge is 2.75. The van der Waals surface area contributed by atoms with Gasteiger partial charge in [-0.25, -0.2) is 0 Å². The molecule has 1 heterocycles. The molecule has 3 aliphatic rings. The number of fused-ring (bicyclic) bond motifs is 7. The van der Waals surface area contributed by atoms with Crippen LogP contribution in [0.5, 0.6) is 0 Å². The lowest BCUT2D eigenvalue weighted by molar-refractivity contribution is -0.299. The Morgan fingerprint density at radius 2 is 2.03 bits per heavy atom. The number of carbonyl (C=O) groups excluding carboxylic acids is 1. The molecule has 0 unspecified atom stereocenters. The molecule has 2 fully saturated rings. The number of hydrogen-bond acceptors (Lipinski definition) is 6. The normalized spacial score (nSPS) is 36.5. The van der Waals surface area contributed by atoms with Gasteiger partial charge < -0.3 is 24.3 Å². The zero-order valence-corrected chi connectivity index (χ0v) is 24.1. The van der Waals surface area contributed by atoms with Crippen LogP contribution < -0.4 is 0 Å². The number of benzene rings is 1. The first-order valence-electron chi connectivity index (χ1n) is 14.3. The van der Waals surface area contributed by atoms with E-state index in [0.717, 1.165) is 11.9 Å². The maximum atomic E-state index is 13.3. The minimum Gasteiger partial charge on any atom is -0.382 e. The van der Waals surface area contributed by atoms with Gasteiger partial charge in [0.2, 0.25) is 0 Å². The third-order valence-electron chi connectivity index (χ3n) is 10.2. The van der Waals surface area contributed by atoms with Crippen LogP contribution >= 0.6 is 0 Å². The van der Waals surface area contributed by atoms with Crippen molar-refractivity contribution in [2.45, 2.75) is 102 Å². The number of nitrogens with zero attached hydrogens (tertiary/aromatic N) is 1. The Kier molecular flexibility index (Phi) is 7.08. The van der Waals surface area contributed by atoms with E-state index in [-0.39, 0.29) is 17.8 Å². The fraction of sp³-hybridized carbons (Fsp3) is 0.625. The van der Waals surface area contributed by atoms with Crippen molar-refractivity contribution in [1.82, 2.24) is 4.98 Å². The van der Waals surface area contributed by atoms with Crippen LogP contribution in [0.3, 0.4) is 0 Å². The number of allylic oxidation sites excluding steroid dienone is 1. The van der Waals surface area contributed by atoms with Crippen molar-refractivity contribution in [3.8, 4) is 6.07 Å². The third-order valence-corrected chi connectivity index (χ3v) is 10.2. The predicted molar refractivity (Wildman–Crippen MR) is 149 cm³/mol. The molecule has 210 valence electrons. The fourth-order valence-electron chi connectivity index (χ4n) is 8.25. The average molecular weight is 535 g/mol. The Morgan fingerprint density at radius 1 is 1.28 bits per heavy atom. The van der Waals surface area contributed by atoms with Crippen molar-refractivity contribution in [3.63, 3.8) is 0 Å². The number of ether oxygens (including phenoxy) is 3. The van der Waals surface area contributed by atoms with E-state index in [1.165, 1.54) is 29.6 Å². The maximum absolute atomic E-state index is 13.3. The van der Waals surface area contributed by atoms with Crippen LogP contribution in [-0.2, 0) is 30.8 Å². The number of unbranched alkanes of at least 4 members (excludes halogenated alkanes) is 1. The van der Waals surface area contributed by atoms with Gasteiger partial charge in [0.05, 0.1) is 18.3 Å². The van der Waals surface area contributed by atoms with E-state index in [9.17, 15) is 9.90 Å². The third kappa shape index (κ3) is 3.87. The van der Waals surface area contributed by atoms with Gasteiger partial charge in [0.15, 0.2) is 11.6 Å². The van der Waals surface area contributed by atoms with E-state index >= 15 is 0 Å². The molecule has 3 aliphatic carbocycles. The number of aromatic amines is 1. The summed E-state index contributed by atoms with van der Waals surface area (Å²) < 4.78 is 19.1. The summed E-state index contributed by atoms with van der Waals surface area (Å²) in [5, 5.41) is 23.6. The maximum Gasteiger partial charge on any atom is 0.194 e. The lowest BCUT2D eigenvalue weighted by atomic mass is 9.41. The second kappa shape index (κ2) is 9.85. The number of nitrogens with one attached hydrogen (secondary N) is 1. The quantitative estimate of drug-likeness (QED) is 0.263. The number of methoxy groups -OCH3 is 1. The second-order valence-corrected chi connectivity index (χ2v) is 12.4. The van der Waals surface area contributed by atoms with Crippen molar-refractivity contribution < 1.29 is 24.1 Å². The van der Waals surface area contributed by atoms with Crippen LogP contribution in [0.25, 0.3) is 10.9 Å². The number of carbonyl (C=O) groups is 1. The number of rotatable bonds is 8. The summed E-state index contributed by atoms with van der Waals surface area (Å²) in [4.78, 5) is 16.5. The second-order valence-electron chi connectivity index (χ2n) is 12.4. The minimum absolute atomic E-state index is 0.176. The van der Waals surface area contributed by atoms with Gasteiger partial charge >= 0.3 is 0 Å². The smallest absolute Gasteiger partial charge is 0.194 e. The van der Waals surface area contributed by atoms with Crippen LogP contribution in [0.4, 0.5) is 0 Å². The SMILES string of the molecule is CO[C@]1(OC(C)C)CC[C@]2(C)[C@@]3(C)c4[nH]c5ccccc5c4C[C@@H]3C[C@H](OCCCC#N)[C@@]2(O)/C1=C/C(C)=O. The Hall–Kier alpha value is -2.50. The van der Waals surface area contributed by atoms with Gasteiger partial charge in [-0.15, -0.1) is 0 Å². The molecule has 0 amide bonds. The molecule has 7 heteroatoms. The van der Waals surface area contributed by atoms with Crippen LogP contribution in [-0.4, -0.2) is 53.2 Å². The van der Waals surface area contributed by atoms with Gasteiger partial charge in [0.1, 0.15) is 5.60 Å².